The summed E-state index contributed by atoms with van der Waals surface area (Å²) in [6.45, 7) is 3.24. The maximum atomic E-state index is 12.5. The number of anilines is 3. The Morgan fingerprint density at radius 3 is 2.72 bits per heavy atom. The van der Waals surface area contributed by atoms with E-state index in [2.05, 4.69) is 17.1 Å². The monoisotopic (exact) mass is 357 g/mol. The highest BCUT2D eigenvalue weighted by Gasteiger charge is 2.21. The normalized spacial score (nSPS) is 17.4. The Kier molecular flexibility index (Phi) is 5.49. The van der Waals surface area contributed by atoms with Gasteiger partial charge in [0.25, 0.3) is 0 Å². The molecule has 1 amide bonds. The Hall–Kier alpha value is -2.20. The summed E-state index contributed by atoms with van der Waals surface area (Å²) in [5, 5.41) is 3.71. The zero-order chi connectivity index (χ0) is 17.8. The van der Waals surface area contributed by atoms with Gasteiger partial charge < -0.3 is 16.0 Å². The fourth-order valence-electron chi connectivity index (χ4n) is 3.34. The lowest BCUT2D eigenvalue weighted by Crippen LogP contribution is -2.38. The molecule has 3 N–H and O–H groups in total. The van der Waals surface area contributed by atoms with Crippen LogP contribution in [-0.2, 0) is 11.2 Å². The maximum Gasteiger partial charge on any atom is 0.228 e. The van der Waals surface area contributed by atoms with E-state index in [0.29, 0.717) is 23.2 Å². The lowest BCUT2D eigenvalue weighted by molar-refractivity contribution is -0.115. The van der Waals surface area contributed by atoms with E-state index in [0.717, 1.165) is 23.5 Å². The van der Waals surface area contributed by atoms with Crippen LogP contribution in [0.3, 0.4) is 0 Å². The van der Waals surface area contributed by atoms with Gasteiger partial charge in [-0.2, -0.15) is 0 Å². The zero-order valence-electron chi connectivity index (χ0n) is 14.5. The van der Waals surface area contributed by atoms with Crippen molar-refractivity contribution in [2.45, 2.75) is 38.6 Å². The van der Waals surface area contributed by atoms with Crippen LogP contribution in [0.1, 0.15) is 31.7 Å². The number of nitrogen functional groups attached to an aromatic ring is 1. The number of carbonyl (C=O) groups is 1. The first-order valence-electron chi connectivity index (χ1n) is 8.73. The average Bonchev–Trinajstić information content (AvgIpc) is 2.58. The fourth-order valence-corrected chi connectivity index (χ4v) is 3.47. The molecule has 4 nitrogen and oxygen atoms in total. The van der Waals surface area contributed by atoms with E-state index < -0.39 is 0 Å². The van der Waals surface area contributed by atoms with E-state index in [1.54, 1.807) is 12.1 Å². The van der Waals surface area contributed by atoms with Gasteiger partial charge in [0, 0.05) is 23.3 Å². The molecule has 1 aliphatic heterocycles. The van der Waals surface area contributed by atoms with Gasteiger partial charge >= 0.3 is 0 Å². The van der Waals surface area contributed by atoms with Crippen LogP contribution >= 0.6 is 11.6 Å². The second-order valence-corrected chi connectivity index (χ2v) is 7.10. The number of nitrogens with zero attached hydrogens (tertiary/aromatic N) is 1. The minimum Gasteiger partial charge on any atom is -0.399 e. The number of piperidine rings is 1. The summed E-state index contributed by atoms with van der Waals surface area (Å²) in [4.78, 5) is 14.9. The van der Waals surface area contributed by atoms with Crippen LogP contribution in [-0.4, -0.2) is 18.5 Å². The van der Waals surface area contributed by atoms with Crippen LogP contribution < -0.4 is 16.0 Å². The largest absolute Gasteiger partial charge is 0.399 e. The number of nitrogens with one attached hydrogen (secondary N) is 1. The van der Waals surface area contributed by atoms with E-state index >= 15 is 0 Å². The van der Waals surface area contributed by atoms with Crippen LogP contribution in [0.15, 0.2) is 42.5 Å². The van der Waals surface area contributed by atoms with Gasteiger partial charge in [0.1, 0.15) is 0 Å². The molecule has 1 saturated heterocycles. The molecule has 1 unspecified atom stereocenters. The van der Waals surface area contributed by atoms with Crippen molar-refractivity contribution in [1.82, 2.24) is 0 Å². The summed E-state index contributed by atoms with van der Waals surface area (Å²) in [5.74, 6) is -0.0566. The smallest absolute Gasteiger partial charge is 0.228 e. The number of nitrogens with two attached hydrogens (primary N) is 1. The van der Waals surface area contributed by atoms with E-state index in [9.17, 15) is 4.79 Å². The molecule has 2 aromatic carbocycles. The average molecular weight is 358 g/mol. The van der Waals surface area contributed by atoms with Crippen molar-refractivity contribution in [3.8, 4) is 0 Å². The molecule has 0 aliphatic carbocycles. The van der Waals surface area contributed by atoms with Crippen LogP contribution in [0.5, 0.6) is 0 Å². The van der Waals surface area contributed by atoms with Gasteiger partial charge in [0.05, 0.1) is 17.8 Å². The molecule has 1 atom stereocenters. The Morgan fingerprint density at radius 1 is 1.24 bits per heavy atom. The quantitative estimate of drug-likeness (QED) is 0.793. The van der Waals surface area contributed by atoms with Gasteiger partial charge in [-0.1, -0.05) is 23.7 Å². The number of benzene rings is 2. The van der Waals surface area contributed by atoms with Crippen molar-refractivity contribution in [3.63, 3.8) is 0 Å². The summed E-state index contributed by atoms with van der Waals surface area (Å²) >= 11 is 5.90. The number of hydrogen-bond acceptors (Lipinski definition) is 3. The Balaban J connectivity index is 1.77. The first-order valence-corrected chi connectivity index (χ1v) is 9.11. The van der Waals surface area contributed by atoms with E-state index in [1.165, 1.54) is 19.3 Å². The number of amides is 1. The predicted molar refractivity (Wildman–Crippen MR) is 105 cm³/mol. The third-order valence-corrected chi connectivity index (χ3v) is 4.94. The molecule has 132 valence electrons. The molecule has 0 aromatic heterocycles. The first-order chi connectivity index (χ1) is 12.0. The van der Waals surface area contributed by atoms with Gasteiger partial charge in [-0.05, 0) is 62.1 Å². The Bertz CT molecular complexity index is 745. The molecular weight excluding hydrogens is 334 g/mol. The number of hydrogen-bond donors (Lipinski definition) is 2. The molecule has 2 aromatic rings. The molecule has 25 heavy (non-hydrogen) atoms. The van der Waals surface area contributed by atoms with Crippen LogP contribution in [0.2, 0.25) is 5.02 Å². The molecule has 0 saturated carbocycles. The molecule has 1 heterocycles. The summed E-state index contributed by atoms with van der Waals surface area (Å²) < 4.78 is 0. The maximum absolute atomic E-state index is 12.5. The SMILES string of the molecule is CC1CCCCN1c1ccc(N)cc1NC(=O)Cc1ccc(Cl)cc1. The molecule has 5 heteroatoms. The van der Waals surface area contributed by atoms with Crippen molar-refractivity contribution >= 4 is 34.6 Å². The minimum atomic E-state index is -0.0566. The lowest BCUT2D eigenvalue weighted by atomic mass is 10.0. The highest BCUT2D eigenvalue weighted by Crippen LogP contribution is 2.33. The number of halogens is 1. The summed E-state index contributed by atoms with van der Waals surface area (Å²) in [5.41, 5.74) is 9.36. The zero-order valence-corrected chi connectivity index (χ0v) is 15.2. The summed E-state index contributed by atoms with van der Waals surface area (Å²) in [6, 6.07) is 13.5. The molecule has 3 rings (SSSR count). The Morgan fingerprint density at radius 2 is 2.00 bits per heavy atom. The molecule has 1 aliphatic rings. The van der Waals surface area contributed by atoms with Gasteiger partial charge in [-0.15, -0.1) is 0 Å². The summed E-state index contributed by atoms with van der Waals surface area (Å²) in [6.07, 6.45) is 3.90. The van der Waals surface area contributed by atoms with Crippen LogP contribution in [0, 0.1) is 0 Å². The molecule has 0 bridgehead atoms. The fraction of sp³-hybridized carbons (Fsp3) is 0.350. The molecule has 0 radical (unpaired) electrons. The van der Waals surface area contributed by atoms with E-state index in [1.807, 2.05) is 30.3 Å². The number of carbonyl (C=O) groups excluding carboxylic acids is 1. The van der Waals surface area contributed by atoms with Crippen LogP contribution in [0.4, 0.5) is 17.1 Å². The highest BCUT2D eigenvalue weighted by molar-refractivity contribution is 6.30. The highest BCUT2D eigenvalue weighted by atomic mass is 35.5. The Labute approximate surface area is 154 Å². The van der Waals surface area contributed by atoms with Crippen molar-refractivity contribution < 1.29 is 4.79 Å². The lowest BCUT2D eigenvalue weighted by Gasteiger charge is -2.36. The van der Waals surface area contributed by atoms with Crippen LogP contribution in [0.25, 0.3) is 0 Å². The van der Waals surface area contributed by atoms with Crippen molar-refractivity contribution in [3.05, 3.63) is 53.1 Å². The molecule has 1 fully saturated rings. The molecular formula is C20H24ClN3O. The number of rotatable bonds is 4. The predicted octanol–water partition coefficient (Wildman–Crippen LogP) is 4.48. The van der Waals surface area contributed by atoms with Gasteiger partial charge in [-0.25, -0.2) is 0 Å². The second-order valence-electron chi connectivity index (χ2n) is 6.67. The van der Waals surface area contributed by atoms with Crippen molar-refractivity contribution in [2.24, 2.45) is 0 Å². The summed E-state index contributed by atoms with van der Waals surface area (Å²) in [7, 11) is 0. The third kappa shape index (κ3) is 4.45. The standard InChI is InChI=1S/C20H24ClN3O/c1-14-4-2-3-11-24(14)19-10-9-17(22)13-18(19)23-20(25)12-15-5-7-16(21)8-6-15/h5-10,13-14H,2-4,11-12,22H2,1H3,(H,23,25). The molecule has 0 spiro atoms. The first kappa shape index (κ1) is 17.6. The van der Waals surface area contributed by atoms with E-state index in [4.69, 9.17) is 17.3 Å². The second kappa shape index (κ2) is 7.79. The minimum absolute atomic E-state index is 0.0566. The van der Waals surface area contributed by atoms with Crippen molar-refractivity contribution in [2.75, 3.05) is 22.5 Å². The van der Waals surface area contributed by atoms with Crippen molar-refractivity contribution in [1.29, 1.82) is 0 Å². The van der Waals surface area contributed by atoms with Gasteiger partial charge in [-0.3, -0.25) is 4.79 Å². The van der Waals surface area contributed by atoms with Gasteiger partial charge in [0.2, 0.25) is 5.91 Å². The third-order valence-electron chi connectivity index (χ3n) is 4.69. The van der Waals surface area contributed by atoms with Gasteiger partial charge in [0.15, 0.2) is 0 Å². The topological polar surface area (TPSA) is 58.4 Å². The van der Waals surface area contributed by atoms with E-state index in [-0.39, 0.29) is 5.91 Å².